The molecule has 0 aliphatic carbocycles. The largest absolute Gasteiger partial charge is 0.464 e. The monoisotopic (exact) mass is 433 g/mol. The second-order valence-electron chi connectivity index (χ2n) is 7.55. The second-order valence-corrected chi connectivity index (χ2v) is 9.57. The normalized spacial score (nSPS) is 12.6. The molecule has 0 amide bonds. The molecular weight excluding hydrogens is 404 g/mol. The van der Waals surface area contributed by atoms with Crippen LogP contribution in [0.4, 0.5) is 0 Å². The zero-order valence-electron chi connectivity index (χ0n) is 18.2. The molecule has 3 rings (SSSR count). The van der Waals surface area contributed by atoms with Gasteiger partial charge >= 0.3 is 5.97 Å². The average molecular weight is 434 g/mol. The van der Waals surface area contributed by atoms with Crippen LogP contribution in [0, 0.1) is 12.8 Å². The number of rotatable bonds is 8. The molecule has 5 heteroatoms. The van der Waals surface area contributed by atoms with Crippen LogP contribution in [0.1, 0.15) is 25.0 Å². The lowest BCUT2D eigenvalue weighted by Crippen LogP contribution is -2.17. The van der Waals surface area contributed by atoms with Crippen LogP contribution in [0.5, 0.6) is 0 Å². The molecule has 2 N–H and O–H groups in total. The Morgan fingerprint density at radius 1 is 0.903 bits per heavy atom. The molecule has 31 heavy (non-hydrogen) atoms. The summed E-state index contributed by atoms with van der Waals surface area (Å²) < 4.78 is 5.15. The van der Waals surface area contributed by atoms with E-state index in [2.05, 4.69) is 72.6 Å². The minimum absolute atomic E-state index is 0.138. The maximum absolute atomic E-state index is 11.5. The summed E-state index contributed by atoms with van der Waals surface area (Å²) in [6, 6.07) is 27.5. The maximum atomic E-state index is 11.5. The van der Waals surface area contributed by atoms with E-state index in [-0.39, 0.29) is 29.4 Å². The second kappa shape index (κ2) is 10.8. The number of hydrogen-bond donors (Lipinski definition) is 1. The Labute approximate surface area is 187 Å². The van der Waals surface area contributed by atoms with Crippen LogP contribution < -0.4 is 5.73 Å². The lowest BCUT2D eigenvalue weighted by Gasteiger charge is -2.09. The van der Waals surface area contributed by atoms with E-state index in [0.717, 1.165) is 5.56 Å². The molecule has 1 unspecified atom stereocenters. The molecule has 0 saturated carbocycles. The average Bonchev–Trinajstić information content (AvgIpc) is 2.79. The molecule has 0 bridgehead atoms. The van der Waals surface area contributed by atoms with Gasteiger partial charge in [-0.2, -0.15) is 0 Å². The van der Waals surface area contributed by atoms with E-state index in [4.69, 9.17) is 10.5 Å². The van der Waals surface area contributed by atoms with E-state index in [0.29, 0.717) is 12.4 Å². The van der Waals surface area contributed by atoms with Gasteiger partial charge in [0.1, 0.15) is 12.4 Å². The molecule has 0 aromatic heterocycles. The lowest BCUT2D eigenvalue weighted by atomic mass is 10.2. The number of amidine groups is 1. The van der Waals surface area contributed by atoms with Crippen molar-refractivity contribution in [2.75, 3.05) is 13.2 Å². The SMILES string of the molecule is Cc1ccc([S+](c2ccccc2)c2ccc(C(N)=NCCOC(=O)C(C)C)cc2)cc1. The lowest BCUT2D eigenvalue weighted by molar-refractivity contribution is -0.146. The van der Waals surface area contributed by atoms with Gasteiger partial charge in [0.2, 0.25) is 0 Å². The van der Waals surface area contributed by atoms with Crippen LogP contribution in [0.25, 0.3) is 0 Å². The molecule has 0 spiro atoms. The summed E-state index contributed by atoms with van der Waals surface area (Å²) in [6.07, 6.45) is 0. The van der Waals surface area contributed by atoms with Crippen molar-refractivity contribution in [2.24, 2.45) is 16.6 Å². The summed E-state index contributed by atoms with van der Waals surface area (Å²) in [5, 5.41) is 0. The van der Waals surface area contributed by atoms with Crippen molar-refractivity contribution in [1.82, 2.24) is 0 Å². The number of ether oxygens (including phenoxy) is 1. The van der Waals surface area contributed by atoms with Crippen molar-refractivity contribution >= 4 is 22.7 Å². The summed E-state index contributed by atoms with van der Waals surface area (Å²) >= 11 is 0. The summed E-state index contributed by atoms with van der Waals surface area (Å²) in [6.45, 7) is 6.30. The van der Waals surface area contributed by atoms with E-state index in [1.165, 1.54) is 20.2 Å². The van der Waals surface area contributed by atoms with Gasteiger partial charge in [-0.25, -0.2) is 0 Å². The molecule has 3 aromatic carbocycles. The van der Waals surface area contributed by atoms with Crippen LogP contribution in [-0.4, -0.2) is 25.0 Å². The molecule has 0 aliphatic heterocycles. The molecule has 0 aliphatic rings. The van der Waals surface area contributed by atoms with Crippen molar-refractivity contribution in [2.45, 2.75) is 35.5 Å². The van der Waals surface area contributed by atoms with Crippen LogP contribution in [0.3, 0.4) is 0 Å². The van der Waals surface area contributed by atoms with E-state index in [1.807, 2.05) is 32.0 Å². The fraction of sp³-hybridized carbons (Fsp3) is 0.231. The first kappa shape index (κ1) is 22.6. The number of esters is 1. The van der Waals surface area contributed by atoms with E-state index in [1.54, 1.807) is 0 Å². The Bertz CT molecular complexity index is 1010. The number of aryl methyl sites for hydroxylation is 1. The molecule has 1 atom stereocenters. The van der Waals surface area contributed by atoms with Gasteiger partial charge in [0, 0.05) is 5.56 Å². The number of nitrogens with two attached hydrogens (primary N) is 1. The summed E-state index contributed by atoms with van der Waals surface area (Å²) in [5.74, 6) is 0.0880. The third kappa shape index (κ3) is 6.22. The minimum atomic E-state index is -0.220. The third-order valence-electron chi connectivity index (χ3n) is 4.71. The number of carbonyl (C=O) groups is 1. The molecule has 0 fully saturated rings. The molecule has 0 heterocycles. The summed E-state index contributed by atoms with van der Waals surface area (Å²) in [7, 11) is -0.199. The number of hydrogen-bond acceptors (Lipinski definition) is 3. The Morgan fingerprint density at radius 3 is 2.03 bits per heavy atom. The van der Waals surface area contributed by atoms with Crippen LogP contribution in [-0.2, 0) is 20.4 Å². The molecular formula is C26H29N2O2S+. The van der Waals surface area contributed by atoms with E-state index in [9.17, 15) is 4.79 Å². The fourth-order valence-corrected chi connectivity index (χ4v) is 5.03. The van der Waals surface area contributed by atoms with Crippen molar-refractivity contribution < 1.29 is 9.53 Å². The van der Waals surface area contributed by atoms with Crippen LogP contribution in [0.15, 0.2) is 98.5 Å². The molecule has 3 aromatic rings. The van der Waals surface area contributed by atoms with Gasteiger partial charge in [-0.15, -0.1) is 0 Å². The number of nitrogens with zero attached hydrogens (tertiary/aromatic N) is 1. The summed E-state index contributed by atoms with van der Waals surface area (Å²) in [4.78, 5) is 19.6. The molecule has 4 nitrogen and oxygen atoms in total. The van der Waals surface area contributed by atoms with Crippen LogP contribution >= 0.6 is 0 Å². The number of benzene rings is 3. The zero-order valence-corrected chi connectivity index (χ0v) is 19.1. The van der Waals surface area contributed by atoms with Gasteiger partial charge in [-0.1, -0.05) is 49.7 Å². The number of aliphatic imine (C=N–C) groups is 1. The first-order valence-corrected chi connectivity index (χ1v) is 11.6. The molecule has 0 saturated heterocycles. The fourth-order valence-electron chi connectivity index (χ4n) is 2.97. The molecule has 0 radical (unpaired) electrons. The molecule has 160 valence electrons. The topological polar surface area (TPSA) is 64.7 Å². The van der Waals surface area contributed by atoms with Gasteiger partial charge in [-0.3, -0.25) is 9.79 Å². The predicted octanol–water partition coefficient (Wildman–Crippen LogP) is 4.99. The van der Waals surface area contributed by atoms with Crippen molar-refractivity contribution in [3.8, 4) is 0 Å². The summed E-state index contributed by atoms with van der Waals surface area (Å²) in [5.41, 5.74) is 8.26. The number of carbonyl (C=O) groups excluding carboxylic acids is 1. The van der Waals surface area contributed by atoms with Gasteiger partial charge in [-0.05, 0) is 55.5 Å². The first-order chi connectivity index (χ1) is 15.0. The van der Waals surface area contributed by atoms with Gasteiger partial charge in [0.05, 0.1) is 23.4 Å². The van der Waals surface area contributed by atoms with Crippen molar-refractivity contribution in [3.05, 3.63) is 90.0 Å². The van der Waals surface area contributed by atoms with Gasteiger partial charge in [0.15, 0.2) is 14.7 Å². The Hall–Kier alpha value is -3.05. The zero-order chi connectivity index (χ0) is 22.2. The Balaban J connectivity index is 1.77. The predicted molar refractivity (Wildman–Crippen MR) is 128 cm³/mol. The highest BCUT2D eigenvalue weighted by Crippen LogP contribution is 2.31. The highest BCUT2D eigenvalue weighted by Gasteiger charge is 2.28. The van der Waals surface area contributed by atoms with Gasteiger partial charge < -0.3 is 10.5 Å². The third-order valence-corrected chi connectivity index (χ3v) is 6.94. The quantitative estimate of drug-likeness (QED) is 0.179. The minimum Gasteiger partial charge on any atom is -0.464 e. The highest BCUT2D eigenvalue weighted by atomic mass is 32.2. The van der Waals surface area contributed by atoms with E-state index < -0.39 is 0 Å². The standard InChI is InChI=1S/C26H29N2O2S/c1-19(2)26(29)30-18-17-28-25(27)21-11-15-24(16-12-21)31(22-7-5-4-6-8-22)23-13-9-20(3)10-14-23/h4-16,19H,17-18H2,1-3H3,(H2,27,28)/q+1. The van der Waals surface area contributed by atoms with Gasteiger partial charge in [0.25, 0.3) is 0 Å². The van der Waals surface area contributed by atoms with Crippen molar-refractivity contribution in [3.63, 3.8) is 0 Å². The van der Waals surface area contributed by atoms with Crippen molar-refractivity contribution in [1.29, 1.82) is 0 Å². The Kier molecular flexibility index (Phi) is 7.90. The van der Waals surface area contributed by atoms with Crippen LogP contribution in [0.2, 0.25) is 0 Å². The smallest absolute Gasteiger partial charge is 0.308 e. The highest BCUT2D eigenvalue weighted by molar-refractivity contribution is 7.97. The first-order valence-electron chi connectivity index (χ1n) is 10.4. The van der Waals surface area contributed by atoms with E-state index >= 15 is 0 Å². The Morgan fingerprint density at radius 2 is 1.45 bits per heavy atom. The maximum Gasteiger partial charge on any atom is 0.308 e.